The molecule has 2 aromatic carbocycles. The lowest BCUT2D eigenvalue weighted by molar-refractivity contribution is -0.138. The lowest BCUT2D eigenvalue weighted by atomic mass is 10.1. The van der Waals surface area contributed by atoms with Gasteiger partial charge in [0.2, 0.25) is 11.8 Å². The highest BCUT2D eigenvalue weighted by Gasteiger charge is 2.27. The topological polar surface area (TPSA) is 49.4 Å². The summed E-state index contributed by atoms with van der Waals surface area (Å²) in [5.41, 5.74) is 1.32. The summed E-state index contributed by atoms with van der Waals surface area (Å²) in [5.74, 6) is -0.162. The Balaban J connectivity index is 2.10. The molecule has 1 N–H and O–H groups in total. The molecule has 162 valence electrons. The Bertz CT molecular complexity index is 865. The van der Waals surface area contributed by atoms with Crippen LogP contribution in [0.1, 0.15) is 38.3 Å². The van der Waals surface area contributed by atoms with Crippen molar-refractivity contribution in [2.45, 2.75) is 51.6 Å². The van der Waals surface area contributed by atoms with Crippen LogP contribution < -0.4 is 5.32 Å². The molecule has 0 saturated carbocycles. The van der Waals surface area contributed by atoms with Gasteiger partial charge in [0, 0.05) is 23.4 Å². The van der Waals surface area contributed by atoms with Crippen LogP contribution in [-0.2, 0) is 21.9 Å². The Morgan fingerprint density at radius 1 is 1.10 bits per heavy atom. The molecular weight excluding hydrogens is 423 g/mol. The van der Waals surface area contributed by atoms with E-state index >= 15 is 0 Å². The van der Waals surface area contributed by atoms with Gasteiger partial charge in [-0.15, -0.1) is 11.8 Å². The van der Waals surface area contributed by atoms with Crippen LogP contribution >= 0.6 is 23.4 Å². The Morgan fingerprint density at radius 3 is 2.37 bits per heavy atom. The Kier molecular flexibility index (Phi) is 9.66. The highest BCUT2D eigenvalue weighted by atomic mass is 35.5. The number of carbonyl (C=O) groups excluding carboxylic acids is 2. The summed E-state index contributed by atoms with van der Waals surface area (Å²) < 4.78 is 13.8. The summed E-state index contributed by atoms with van der Waals surface area (Å²) >= 11 is 7.60. The van der Waals surface area contributed by atoms with Crippen LogP contribution in [0.15, 0.2) is 48.5 Å². The van der Waals surface area contributed by atoms with E-state index < -0.39 is 6.04 Å². The maximum absolute atomic E-state index is 13.8. The van der Waals surface area contributed by atoms with E-state index in [1.165, 1.54) is 22.7 Å². The van der Waals surface area contributed by atoms with Crippen LogP contribution in [0.2, 0.25) is 5.02 Å². The second-order valence-corrected chi connectivity index (χ2v) is 8.58. The number of nitrogens with one attached hydrogen (secondary N) is 1. The van der Waals surface area contributed by atoms with Gasteiger partial charge in [0.15, 0.2) is 0 Å². The van der Waals surface area contributed by atoms with Crippen molar-refractivity contribution < 1.29 is 14.0 Å². The average molecular weight is 451 g/mol. The molecule has 2 rings (SSSR count). The van der Waals surface area contributed by atoms with Crippen LogP contribution in [0.25, 0.3) is 0 Å². The minimum absolute atomic E-state index is 0.0210. The lowest BCUT2D eigenvalue weighted by Crippen LogP contribution is -2.50. The third-order valence-corrected chi connectivity index (χ3v) is 6.24. The molecule has 0 spiro atoms. The molecular formula is C23H28ClFN2O2S. The van der Waals surface area contributed by atoms with Gasteiger partial charge >= 0.3 is 0 Å². The highest BCUT2D eigenvalue weighted by molar-refractivity contribution is 7.99. The van der Waals surface area contributed by atoms with E-state index in [2.05, 4.69) is 5.32 Å². The molecule has 0 saturated heterocycles. The van der Waals surface area contributed by atoms with Crippen molar-refractivity contribution in [1.82, 2.24) is 10.2 Å². The fourth-order valence-corrected chi connectivity index (χ4v) is 3.90. The van der Waals surface area contributed by atoms with E-state index in [1.54, 1.807) is 31.2 Å². The third-order valence-electron chi connectivity index (χ3n) is 4.91. The van der Waals surface area contributed by atoms with Crippen molar-refractivity contribution in [3.8, 4) is 0 Å². The van der Waals surface area contributed by atoms with E-state index in [0.717, 1.165) is 12.0 Å². The molecule has 0 fully saturated rings. The van der Waals surface area contributed by atoms with E-state index in [1.807, 2.05) is 32.0 Å². The fraction of sp³-hybridized carbons (Fsp3) is 0.391. The van der Waals surface area contributed by atoms with Gasteiger partial charge in [-0.2, -0.15) is 0 Å². The van der Waals surface area contributed by atoms with Gasteiger partial charge in [-0.25, -0.2) is 4.39 Å². The molecule has 0 aromatic heterocycles. The van der Waals surface area contributed by atoms with Crippen LogP contribution in [0.5, 0.6) is 0 Å². The van der Waals surface area contributed by atoms with Crippen molar-refractivity contribution >= 4 is 35.2 Å². The van der Waals surface area contributed by atoms with Crippen molar-refractivity contribution in [3.63, 3.8) is 0 Å². The van der Waals surface area contributed by atoms with Crippen molar-refractivity contribution in [2.24, 2.45) is 0 Å². The molecule has 0 bridgehead atoms. The first-order chi connectivity index (χ1) is 14.3. The van der Waals surface area contributed by atoms with E-state index in [0.29, 0.717) is 16.3 Å². The summed E-state index contributed by atoms with van der Waals surface area (Å²) in [6.45, 7) is 5.86. The summed E-state index contributed by atoms with van der Waals surface area (Å²) in [4.78, 5) is 27.2. The van der Waals surface area contributed by atoms with Gasteiger partial charge in [0.1, 0.15) is 11.9 Å². The van der Waals surface area contributed by atoms with Crippen LogP contribution in [0, 0.1) is 5.82 Å². The van der Waals surface area contributed by atoms with Gasteiger partial charge in [0.25, 0.3) is 0 Å². The van der Waals surface area contributed by atoms with Crippen molar-refractivity contribution in [2.75, 3.05) is 5.75 Å². The summed E-state index contributed by atoms with van der Waals surface area (Å²) in [6.07, 6.45) is 0.801. The van der Waals surface area contributed by atoms with Gasteiger partial charge in [-0.05, 0) is 43.5 Å². The number of benzene rings is 2. The van der Waals surface area contributed by atoms with E-state index in [9.17, 15) is 14.0 Å². The smallest absolute Gasteiger partial charge is 0.242 e. The fourth-order valence-electron chi connectivity index (χ4n) is 2.80. The monoisotopic (exact) mass is 450 g/mol. The number of rotatable bonds is 10. The normalized spacial score (nSPS) is 12.8. The first-order valence-electron chi connectivity index (χ1n) is 9.97. The van der Waals surface area contributed by atoms with E-state index in [-0.39, 0.29) is 36.0 Å². The predicted octanol–water partition coefficient (Wildman–Crippen LogP) is 5.04. The first kappa shape index (κ1) is 24.2. The minimum Gasteiger partial charge on any atom is -0.352 e. The average Bonchev–Trinajstić information content (AvgIpc) is 2.73. The van der Waals surface area contributed by atoms with Crippen LogP contribution in [0.3, 0.4) is 0 Å². The van der Waals surface area contributed by atoms with Crippen molar-refractivity contribution in [1.29, 1.82) is 0 Å². The predicted molar refractivity (Wildman–Crippen MR) is 122 cm³/mol. The molecule has 2 atom stereocenters. The number of halogens is 2. The zero-order chi connectivity index (χ0) is 22.1. The molecule has 0 aliphatic heterocycles. The third kappa shape index (κ3) is 7.03. The zero-order valence-electron chi connectivity index (χ0n) is 17.5. The maximum atomic E-state index is 13.8. The lowest BCUT2D eigenvalue weighted by Gasteiger charge is -2.30. The second kappa shape index (κ2) is 12.0. The molecule has 0 aliphatic carbocycles. The quantitative estimate of drug-likeness (QED) is 0.551. The largest absolute Gasteiger partial charge is 0.352 e. The van der Waals surface area contributed by atoms with Crippen LogP contribution in [-0.4, -0.2) is 34.6 Å². The Labute approximate surface area is 187 Å². The molecule has 4 nitrogen and oxygen atoms in total. The SMILES string of the molecule is CC[C@@H](C)NC(=O)[C@@H](C)N(Cc1ccccc1Cl)C(=O)CSCc1ccccc1F. The zero-order valence-corrected chi connectivity index (χ0v) is 19.1. The van der Waals surface area contributed by atoms with Gasteiger partial charge in [-0.1, -0.05) is 54.9 Å². The highest BCUT2D eigenvalue weighted by Crippen LogP contribution is 2.21. The molecule has 0 aliphatic rings. The number of thioether (sulfide) groups is 1. The molecule has 0 unspecified atom stereocenters. The van der Waals surface area contributed by atoms with Crippen LogP contribution in [0.4, 0.5) is 4.39 Å². The molecule has 2 aromatic rings. The molecule has 0 heterocycles. The first-order valence-corrected chi connectivity index (χ1v) is 11.5. The summed E-state index contributed by atoms with van der Waals surface area (Å²) in [7, 11) is 0. The summed E-state index contributed by atoms with van der Waals surface area (Å²) in [5, 5.41) is 3.48. The van der Waals surface area contributed by atoms with Gasteiger partial charge in [0.05, 0.1) is 5.75 Å². The Hall–Kier alpha value is -2.05. The number of carbonyl (C=O) groups is 2. The molecule has 7 heteroatoms. The molecule has 0 radical (unpaired) electrons. The van der Waals surface area contributed by atoms with Gasteiger partial charge in [-0.3, -0.25) is 9.59 Å². The summed E-state index contributed by atoms with van der Waals surface area (Å²) in [6, 6.07) is 13.2. The van der Waals surface area contributed by atoms with Crippen molar-refractivity contribution in [3.05, 3.63) is 70.5 Å². The maximum Gasteiger partial charge on any atom is 0.242 e. The Morgan fingerprint density at radius 2 is 1.73 bits per heavy atom. The standard InChI is InChI=1S/C23H28ClFN2O2S/c1-4-16(2)26-23(29)17(3)27(13-18-9-5-7-11-20(18)24)22(28)15-30-14-19-10-6-8-12-21(19)25/h5-12,16-17H,4,13-15H2,1-3H3,(H,26,29)/t16-,17-/m1/s1. The number of hydrogen-bond acceptors (Lipinski definition) is 3. The molecule has 30 heavy (non-hydrogen) atoms. The number of hydrogen-bond donors (Lipinski definition) is 1. The minimum atomic E-state index is -0.656. The van der Waals surface area contributed by atoms with Gasteiger partial charge < -0.3 is 10.2 Å². The molecule has 2 amide bonds. The number of amides is 2. The second-order valence-electron chi connectivity index (χ2n) is 7.19. The van der Waals surface area contributed by atoms with E-state index in [4.69, 9.17) is 11.6 Å². The number of nitrogens with zero attached hydrogens (tertiary/aromatic N) is 1.